The van der Waals surface area contributed by atoms with Crippen LogP contribution in [0.4, 0.5) is 5.69 Å². The molecule has 0 fully saturated rings. The zero-order valence-corrected chi connectivity index (χ0v) is 19.1. The normalized spacial score (nSPS) is 22.7. The largest absolute Gasteiger partial charge is 0.462 e. The van der Waals surface area contributed by atoms with E-state index < -0.39 is 0 Å². The van der Waals surface area contributed by atoms with Crippen molar-refractivity contribution in [2.24, 2.45) is 5.41 Å². The number of hydrogen-bond donors (Lipinski definition) is 0. The summed E-state index contributed by atoms with van der Waals surface area (Å²) in [5.41, 5.74) is 6.17. The molecule has 0 saturated carbocycles. The zero-order chi connectivity index (χ0) is 21.0. The molecule has 0 atom stereocenters. The zero-order valence-electron chi connectivity index (χ0n) is 19.1. The smallest absolute Gasteiger partial charge is 0.123 e. The van der Waals surface area contributed by atoms with Crippen LogP contribution in [0.3, 0.4) is 0 Å². The van der Waals surface area contributed by atoms with Crippen molar-refractivity contribution in [3.05, 3.63) is 65.0 Å². The third-order valence-corrected chi connectivity index (χ3v) is 6.77. The minimum absolute atomic E-state index is 0.0200. The summed E-state index contributed by atoms with van der Waals surface area (Å²) in [7, 11) is 0. The molecule has 0 unspecified atom stereocenters. The topological polar surface area (TPSA) is 12.5 Å². The summed E-state index contributed by atoms with van der Waals surface area (Å²) in [5, 5.41) is 0. The van der Waals surface area contributed by atoms with Gasteiger partial charge >= 0.3 is 0 Å². The molecule has 154 valence electrons. The Balaban J connectivity index is 1.70. The molecule has 3 aliphatic rings. The van der Waals surface area contributed by atoms with E-state index in [2.05, 4.69) is 84.1 Å². The van der Waals surface area contributed by atoms with Crippen LogP contribution in [0, 0.1) is 11.8 Å². The number of hydrogen-bond acceptors (Lipinski definition) is 2. The van der Waals surface area contributed by atoms with E-state index >= 15 is 0 Å². The van der Waals surface area contributed by atoms with E-state index in [-0.39, 0.29) is 16.2 Å². The SMILES string of the molecule is CC(C)(C)C1=C[C]C=C(C=Cc2cc3c4c(c2)C(C)(C)CCN4CCC3(C)C)O1. The Morgan fingerprint density at radius 1 is 0.931 bits per heavy atom. The van der Waals surface area contributed by atoms with Gasteiger partial charge < -0.3 is 9.64 Å². The van der Waals surface area contributed by atoms with Crippen molar-refractivity contribution in [1.82, 2.24) is 0 Å². The summed E-state index contributed by atoms with van der Waals surface area (Å²) in [5.74, 6) is 1.81. The molecule has 3 aliphatic heterocycles. The molecule has 0 amide bonds. The molecule has 2 radical (unpaired) electrons. The Morgan fingerprint density at radius 3 is 2.07 bits per heavy atom. The highest BCUT2D eigenvalue weighted by Gasteiger charge is 2.39. The molecular weight excluding hydrogens is 354 g/mol. The van der Waals surface area contributed by atoms with Crippen molar-refractivity contribution in [2.45, 2.75) is 72.1 Å². The standard InChI is InChI=1S/C27H35NO/c1-25(2,3)23-10-8-9-20(29-23)12-11-19-17-21-24-22(18-19)27(6,7)14-16-28(24)15-13-26(21,4)5/h9-12,17-18H,13-16H2,1-7H3. The average Bonchev–Trinajstić information content (AvgIpc) is 2.64. The first kappa shape index (κ1) is 20.3. The Hall–Kier alpha value is -1.96. The van der Waals surface area contributed by atoms with Crippen LogP contribution in [0.2, 0.25) is 0 Å². The average molecular weight is 390 g/mol. The first-order chi connectivity index (χ1) is 13.5. The van der Waals surface area contributed by atoms with Crippen molar-refractivity contribution in [3.8, 4) is 0 Å². The van der Waals surface area contributed by atoms with E-state index in [1.54, 1.807) is 0 Å². The first-order valence-electron chi connectivity index (χ1n) is 10.9. The van der Waals surface area contributed by atoms with Crippen LogP contribution in [-0.4, -0.2) is 13.1 Å². The van der Waals surface area contributed by atoms with Gasteiger partial charge in [0.15, 0.2) is 0 Å². The van der Waals surface area contributed by atoms with Gasteiger partial charge in [-0.2, -0.15) is 0 Å². The maximum Gasteiger partial charge on any atom is 0.123 e. The fraction of sp³-hybridized carbons (Fsp3) is 0.519. The maximum atomic E-state index is 6.12. The van der Waals surface area contributed by atoms with Crippen LogP contribution in [0.15, 0.2) is 41.9 Å². The van der Waals surface area contributed by atoms with Crippen LogP contribution in [0.1, 0.15) is 78.0 Å². The summed E-state index contributed by atoms with van der Waals surface area (Å²) in [6.45, 7) is 18.4. The number of benzene rings is 1. The molecule has 2 heteroatoms. The number of allylic oxidation sites excluding steroid dienone is 4. The second-order valence-corrected chi connectivity index (χ2v) is 11.1. The Kier molecular flexibility index (Phi) is 4.76. The van der Waals surface area contributed by atoms with Gasteiger partial charge in [-0.15, -0.1) is 0 Å². The molecule has 1 aromatic carbocycles. The van der Waals surface area contributed by atoms with Crippen LogP contribution in [0.25, 0.3) is 6.08 Å². The van der Waals surface area contributed by atoms with E-state index in [0.29, 0.717) is 0 Å². The number of anilines is 1. The summed E-state index contributed by atoms with van der Waals surface area (Å²) in [6, 6.07) is 4.81. The predicted molar refractivity (Wildman–Crippen MR) is 123 cm³/mol. The highest BCUT2D eigenvalue weighted by molar-refractivity contribution is 5.72. The van der Waals surface area contributed by atoms with Crippen molar-refractivity contribution >= 4 is 11.8 Å². The molecule has 0 aliphatic carbocycles. The van der Waals surface area contributed by atoms with Gasteiger partial charge in [-0.3, -0.25) is 0 Å². The molecular formula is C27H35NO. The fourth-order valence-electron chi connectivity index (χ4n) is 4.57. The molecule has 3 heterocycles. The lowest BCUT2D eigenvalue weighted by Gasteiger charge is -2.48. The fourth-order valence-corrected chi connectivity index (χ4v) is 4.57. The second-order valence-electron chi connectivity index (χ2n) is 11.1. The third kappa shape index (κ3) is 3.79. The van der Waals surface area contributed by atoms with Gasteiger partial charge in [0.25, 0.3) is 0 Å². The monoisotopic (exact) mass is 389 g/mol. The predicted octanol–water partition coefficient (Wildman–Crippen LogP) is 6.79. The summed E-state index contributed by atoms with van der Waals surface area (Å²) >= 11 is 0. The number of rotatable bonds is 2. The maximum absolute atomic E-state index is 6.12. The lowest BCUT2D eigenvalue weighted by Crippen LogP contribution is -2.44. The molecule has 0 N–H and O–H groups in total. The van der Waals surface area contributed by atoms with Crippen molar-refractivity contribution in [2.75, 3.05) is 18.0 Å². The van der Waals surface area contributed by atoms with Crippen LogP contribution < -0.4 is 4.90 Å². The van der Waals surface area contributed by atoms with Crippen molar-refractivity contribution in [1.29, 1.82) is 0 Å². The number of nitrogens with zero attached hydrogens (tertiary/aromatic N) is 1. The highest BCUT2D eigenvalue weighted by Crippen LogP contribution is 2.49. The highest BCUT2D eigenvalue weighted by atomic mass is 16.5. The molecule has 0 spiro atoms. The summed E-state index contributed by atoms with van der Waals surface area (Å²) in [6.07, 6.45) is 13.8. The lowest BCUT2D eigenvalue weighted by atomic mass is 9.69. The second kappa shape index (κ2) is 6.79. The summed E-state index contributed by atoms with van der Waals surface area (Å²) < 4.78 is 6.12. The summed E-state index contributed by atoms with van der Waals surface area (Å²) in [4.78, 5) is 2.62. The van der Waals surface area contributed by atoms with Crippen LogP contribution in [-0.2, 0) is 15.6 Å². The van der Waals surface area contributed by atoms with Crippen LogP contribution in [0.5, 0.6) is 0 Å². The molecule has 0 aromatic heterocycles. The van der Waals surface area contributed by atoms with E-state index in [4.69, 9.17) is 4.74 Å². The van der Waals surface area contributed by atoms with E-state index in [0.717, 1.165) is 11.5 Å². The van der Waals surface area contributed by atoms with E-state index in [9.17, 15) is 0 Å². The third-order valence-electron chi connectivity index (χ3n) is 6.77. The quantitative estimate of drug-likeness (QED) is 0.552. The Labute approximate surface area is 177 Å². The van der Waals surface area contributed by atoms with E-state index in [1.165, 1.54) is 48.3 Å². The molecule has 2 nitrogen and oxygen atoms in total. The Morgan fingerprint density at radius 2 is 1.52 bits per heavy atom. The van der Waals surface area contributed by atoms with Crippen molar-refractivity contribution in [3.63, 3.8) is 0 Å². The molecule has 29 heavy (non-hydrogen) atoms. The van der Waals surface area contributed by atoms with Gasteiger partial charge in [-0.1, -0.05) is 54.5 Å². The van der Waals surface area contributed by atoms with Gasteiger partial charge in [0.05, 0.1) is 0 Å². The lowest BCUT2D eigenvalue weighted by molar-refractivity contribution is 0.223. The van der Waals surface area contributed by atoms with Gasteiger partial charge in [-0.05, 0) is 70.7 Å². The molecule has 4 rings (SSSR count). The first-order valence-corrected chi connectivity index (χ1v) is 10.9. The van der Waals surface area contributed by atoms with Gasteiger partial charge in [0.1, 0.15) is 11.5 Å². The van der Waals surface area contributed by atoms with Crippen LogP contribution >= 0.6 is 0 Å². The molecule has 1 aromatic rings. The van der Waals surface area contributed by atoms with Gasteiger partial charge in [0, 0.05) is 30.6 Å². The van der Waals surface area contributed by atoms with Gasteiger partial charge in [-0.25, -0.2) is 0 Å². The van der Waals surface area contributed by atoms with Gasteiger partial charge in [0.2, 0.25) is 0 Å². The minimum Gasteiger partial charge on any atom is -0.462 e. The Bertz CT molecular complexity index is 864. The molecule has 0 bridgehead atoms. The van der Waals surface area contributed by atoms with E-state index in [1.807, 2.05) is 12.2 Å². The van der Waals surface area contributed by atoms with Crippen molar-refractivity contribution < 1.29 is 4.74 Å². The minimum atomic E-state index is -0.0200. The molecule has 0 saturated heterocycles. The number of ether oxygens (including phenoxy) is 1.